The van der Waals surface area contributed by atoms with Crippen LogP contribution in [0.25, 0.3) is 0 Å². The van der Waals surface area contributed by atoms with E-state index in [9.17, 15) is 4.79 Å². The standard InChI is InChI=1S/C7H14N2O2S/c1-4(2)11-7(10)9-5(3)6(8)12/h4-5H,1-3H3,(H2,8,12)(H,9,10). The molecule has 0 saturated carbocycles. The van der Waals surface area contributed by atoms with Crippen molar-refractivity contribution in [2.24, 2.45) is 5.73 Å². The van der Waals surface area contributed by atoms with Gasteiger partial charge in [0.15, 0.2) is 0 Å². The van der Waals surface area contributed by atoms with E-state index in [2.05, 4.69) is 17.5 Å². The molecule has 1 unspecified atom stereocenters. The SMILES string of the molecule is CC(C)OC(=O)NC(C)C(N)=S. The van der Waals surface area contributed by atoms with Gasteiger partial charge in [-0.2, -0.15) is 0 Å². The van der Waals surface area contributed by atoms with Crippen LogP contribution >= 0.6 is 12.2 Å². The van der Waals surface area contributed by atoms with Crippen molar-refractivity contribution >= 4 is 23.3 Å². The summed E-state index contributed by atoms with van der Waals surface area (Å²) in [6.45, 7) is 5.24. The highest BCUT2D eigenvalue weighted by Gasteiger charge is 2.10. The van der Waals surface area contributed by atoms with Crippen molar-refractivity contribution in [3.63, 3.8) is 0 Å². The maximum absolute atomic E-state index is 10.9. The summed E-state index contributed by atoms with van der Waals surface area (Å²) in [7, 11) is 0. The third-order valence-electron chi connectivity index (χ3n) is 1.10. The second-order valence-corrected chi connectivity index (χ2v) is 3.19. The molecule has 3 N–H and O–H groups in total. The summed E-state index contributed by atoms with van der Waals surface area (Å²) in [6.07, 6.45) is -0.631. The third kappa shape index (κ3) is 4.90. The number of thiocarbonyl (C=S) groups is 1. The number of nitrogens with two attached hydrogens (primary N) is 1. The summed E-state index contributed by atoms with van der Waals surface area (Å²) in [5.41, 5.74) is 5.28. The molecule has 12 heavy (non-hydrogen) atoms. The van der Waals surface area contributed by atoms with E-state index < -0.39 is 6.09 Å². The van der Waals surface area contributed by atoms with Gasteiger partial charge in [0.05, 0.1) is 17.1 Å². The Bertz CT molecular complexity index is 182. The maximum atomic E-state index is 10.9. The number of alkyl carbamates (subject to hydrolysis) is 1. The number of nitrogens with one attached hydrogen (secondary N) is 1. The summed E-state index contributed by atoms with van der Waals surface area (Å²) in [5.74, 6) is 0. The topological polar surface area (TPSA) is 64.3 Å². The fraction of sp³-hybridized carbons (Fsp3) is 0.714. The van der Waals surface area contributed by atoms with E-state index in [0.29, 0.717) is 0 Å². The fourth-order valence-electron chi connectivity index (χ4n) is 0.496. The van der Waals surface area contributed by atoms with Gasteiger partial charge in [0.2, 0.25) is 0 Å². The molecule has 0 bridgehead atoms. The monoisotopic (exact) mass is 190 g/mol. The van der Waals surface area contributed by atoms with Crippen LogP contribution in [-0.4, -0.2) is 23.2 Å². The number of carbonyl (C=O) groups excluding carboxylic acids is 1. The average Bonchev–Trinajstić information content (AvgIpc) is 1.84. The van der Waals surface area contributed by atoms with Crippen LogP contribution in [0.5, 0.6) is 0 Å². The van der Waals surface area contributed by atoms with Gasteiger partial charge in [-0.3, -0.25) is 0 Å². The fourth-order valence-corrected chi connectivity index (χ4v) is 0.555. The molecule has 0 radical (unpaired) electrons. The molecule has 5 heteroatoms. The van der Waals surface area contributed by atoms with Crippen LogP contribution in [0.1, 0.15) is 20.8 Å². The van der Waals surface area contributed by atoms with E-state index in [4.69, 9.17) is 10.5 Å². The molecule has 0 aromatic heterocycles. The first-order chi connectivity index (χ1) is 5.43. The minimum absolute atomic E-state index is 0.136. The van der Waals surface area contributed by atoms with Crippen LogP contribution in [0.15, 0.2) is 0 Å². The number of ether oxygens (including phenoxy) is 1. The number of hydrogen-bond donors (Lipinski definition) is 2. The van der Waals surface area contributed by atoms with Gasteiger partial charge in [-0.15, -0.1) is 0 Å². The smallest absolute Gasteiger partial charge is 0.407 e. The molecule has 0 aromatic carbocycles. The minimum atomic E-state index is -0.495. The predicted molar refractivity (Wildman–Crippen MR) is 51.0 cm³/mol. The molecule has 0 aromatic rings. The zero-order chi connectivity index (χ0) is 9.72. The Morgan fingerprint density at radius 1 is 1.50 bits per heavy atom. The van der Waals surface area contributed by atoms with Crippen molar-refractivity contribution in [3.8, 4) is 0 Å². The summed E-state index contributed by atoms with van der Waals surface area (Å²) in [4.78, 5) is 11.2. The molecule has 0 saturated heterocycles. The van der Waals surface area contributed by atoms with E-state index >= 15 is 0 Å². The minimum Gasteiger partial charge on any atom is -0.447 e. The lowest BCUT2D eigenvalue weighted by Gasteiger charge is -2.13. The second kappa shape index (κ2) is 4.92. The number of hydrogen-bond acceptors (Lipinski definition) is 3. The Kier molecular flexibility index (Phi) is 4.58. The van der Waals surface area contributed by atoms with E-state index in [-0.39, 0.29) is 17.1 Å². The van der Waals surface area contributed by atoms with Crippen LogP contribution in [-0.2, 0) is 4.74 Å². The Morgan fingerprint density at radius 2 is 2.00 bits per heavy atom. The average molecular weight is 190 g/mol. The molecule has 0 rings (SSSR count). The van der Waals surface area contributed by atoms with Gasteiger partial charge in [-0.1, -0.05) is 12.2 Å². The number of amides is 1. The molecule has 4 nitrogen and oxygen atoms in total. The highest BCUT2D eigenvalue weighted by atomic mass is 32.1. The van der Waals surface area contributed by atoms with Crippen molar-refractivity contribution in [1.29, 1.82) is 0 Å². The Balaban J connectivity index is 3.77. The van der Waals surface area contributed by atoms with Crippen LogP contribution in [0.3, 0.4) is 0 Å². The maximum Gasteiger partial charge on any atom is 0.407 e. The van der Waals surface area contributed by atoms with Gasteiger partial charge in [0, 0.05) is 0 Å². The summed E-state index contributed by atoms with van der Waals surface area (Å²) >= 11 is 4.66. The summed E-state index contributed by atoms with van der Waals surface area (Å²) < 4.78 is 4.81. The van der Waals surface area contributed by atoms with Crippen LogP contribution in [0.4, 0.5) is 4.79 Å². The van der Waals surface area contributed by atoms with Crippen molar-refractivity contribution in [3.05, 3.63) is 0 Å². The highest BCUT2D eigenvalue weighted by molar-refractivity contribution is 7.80. The molecule has 0 spiro atoms. The second-order valence-electron chi connectivity index (χ2n) is 2.72. The number of rotatable bonds is 3. The van der Waals surface area contributed by atoms with Crippen LogP contribution in [0, 0.1) is 0 Å². The van der Waals surface area contributed by atoms with Gasteiger partial charge < -0.3 is 15.8 Å². The van der Waals surface area contributed by atoms with Crippen molar-refractivity contribution < 1.29 is 9.53 Å². The lowest BCUT2D eigenvalue weighted by atomic mass is 10.3. The van der Waals surface area contributed by atoms with E-state index in [1.807, 2.05) is 0 Å². The highest BCUT2D eigenvalue weighted by Crippen LogP contribution is 1.90. The normalized spacial score (nSPS) is 12.3. The molecule has 0 heterocycles. The van der Waals surface area contributed by atoms with Gasteiger partial charge in [-0.25, -0.2) is 4.79 Å². The molecule has 0 aliphatic heterocycles. The summed E-state index contributed by atoms with van der Waals surface area (Å²) in [5, 5.41) is 2.48. The van der Waals surface area contributed by atoms with Gasteiger partial charge in [0.25, 0.3) is 0 Å². The molecule has 0 aliphatic carbocycles. The largest absolute Gasteiger partial charge is 0.447 e. The lowest BCUT2D eigenvalue weighted by Crippen LogP contribution is -2.42. The van der Waals surface area contributed by atoms with Crippen molar-refractivity contribution in [2.45, 2.75) is 32.9 Å². The van der Waals surface area contributed by atoms with E-state index in [0.717, 1.165) is 0 Å². The van der Waals surface area contributed by atoms with Crippen LogP contribution in [0.2, 0.25) is 0 Å². The zero-order valence-electron chi connectivity index (χ0n) is 7.46. The Morgan fingerprint density at radius 3 is 2.33 bits per heavy atom. The predicted octanol–water partition coefficient (Wildman–Crippen LogP) is 0.796. The number of carbonyl (C=O) groups is 1. The lowest BCUT2D eigenvalue weighted by molar-refractivity contribution is 0.115. The van der Waals surface area contributed by atoms with Crippen molar-refractivity contribution in [1.82, 2.24) is 5.32 Å². The molecular formula is C7H14N2O2S. The first-order valence-electron chi connectivity index (χ1n) is 3.70. The van der Waals surface area contributed by atoms with E-state index in [1.54, 1.807) is 20.8 Å². The molecule has 70 valence electrons. The summed E-state index contributed by atoms with van der Waals surface area (Å²) in [6, 6.07) is -0.328. The first-order valence-corrected chi connectivity index (χ1v) is 4.10. The van der Waals surface area contributed by atoms with Crippen LogP contribution < -0.4 is 11.1 Å². The molecule has 0 aliphatic rings. The van der Waals surface area contributed by atoms with Gasteiger partial charge in [0.1, 0.15) is 0 Å². The quantitative estimate of drug-likeness (QED) is 0.646. The molecule has 1 amide bonds. The van der Waals surface area contributed by atoms with Crippen molar-refractivity contribution in [2.75, 3.05) is 0 Å². The third-order valence-corrected chi connectivity index (χ3v) is 1.46. The molecule has 0 fully saturated rings. The van der Waals surface area contributed by atoms with Gasteiger partial charge >= 0.3 is 6.09 Å². The Hall–Kier alpha value is -0.840. The zero-order valence-corrected chi connectivity index (χ0v) is 8.27. The Labute approximate surface area is 77.5 Å². The first kappa shape index (κ1) is 11.2. The van der Waals surface area contributed by atoms with E-state index in [1.165, 1.54) is 0 Å². The molecular weight excluding hydrogens is 176 g/mol. The molecule has 1 atom stereocenters. The van der Waals surface area contributed by atoms with Gasteiger partial charge in [-0.05, 0) is 20.8 Å².